The number of amides is 2. The maximum atomic E-state index is 13.5. The highest BCUT2D eigenvalue weighted by Crippen LogP contribution is 2.20. The van der Waals surface area contributed by atoms with Gasteiger partial charge in [0.25, 0.3) is 5.91 Å². The number of hydrogen-bond acceptors (Lipinski definition) is 4. The lowest BCUT2D eigenvalue weighted by molar-refractivity contribution is -0.132. The zero-order valence-corrected chi connectivity index (χ0v) is 16.9. The van der Waals surface area contributed by atoms with E-state index in [9.17, 15) is 14.0 Å². The minimum absolute atomic E-state index is 0.0783. The van der Waals surface area contributed by atoms with Gasteiger partial charge in [0.1, 0.15) is 18.1 Å². The molecule has 1 aliphatic heterocycles. The number of ether oxygens (including phenoxy) is 1. The van der Waals surface area contributed by atoms with E-state index in [2.05, 4.69) is 5.32 Å². The average Bonchev–Trinajstić information content (AvgIpc) is 2.75. The van der Waals surface area contributed by atoms with Crippen LogP contribution >= 0.6 is 11.6 Å². The molecule has 0 aromatic heterocycles. The predicted molar refractivity (Wildman–Crippen MR) is 109 cm³/mol. The van der Waals surface area contributed by atoms with Crippen LogP contribution in [-0.4, -0.2) is 61.4 Å². The van der Waals surface area contributed by atoms with Gasteiger partial charge in [0.15, 0.2) is 0 Å². The average molecular weight is 420 g/mol. The normalized spacial score (nSPS) is 13.8. The van der Waals surface area contributed by atoms with E-state index in [4.69, 9.17) is 16.3 Å². The molecule has 2 aromatic carbocycles. The van der Waals surface area contributed by atoms with Crippen molar-refractivity contribution >= 4 is 23.4 Å². The van der Waals surface area contributed by atoms with Crippen LogP contribution in [0.5, 0.6) is 5.75 Å². The Hall–Kier alpha value is -2.64. The summed E-state index contributed by atoms with van der Waals surface area (Å²) in [5, 5.41) is 3.06. The number of nitrogens with zero attached hydrogens (tertiary/aromatic N) is 2. The van der Waals surface area contributed by atoms with Crippen LogP contribution in [-0.2, 0) is 11.3 Å². The van der Waals surface area contributed by atoms with Gasteiger partial charge in [-0.25, -0.2) is 4.39 Å². The van der Waals surface area contributed by atoms with Gasteiger partial charge in [-0.2, -0.15) is 0 Å². The number of benzene rings is 2. The molecule has 1 saturated heterocycles. The van der Waals surface area contributed by atoms with E-state index in [1.807, 2.05) is 18.2 Å². The third-order valence-corrected chi connectivity index (χ3v) is 5.05. The third kappa shape index (κ3) is 5.46. The van der Waals surface area contributed by atoms with Gasteiger partial charge in [-0.05, 0) is 35.9 Å². The summed E-state index contributed by atoms with van der Waals surface area (Å²) >= 11 is 5.85. The molecule has 0 radical (unpaired) electrons. The first-order chi connectivity index (χ1) is 14.0. The Kier molecular flexibility index (Phi) is 7.06. The molecule has 2 amide bonds. The maximum absolute atomic E-state index is 13.5. The molecule has 29 heavy (non-hydrogen) atoms. The molecule has 0 saturated carbocycles. The number of nitrogens with one attached hydrogen (secondary N) is 1. The van der Waals surface area contributed by atoms with Gasteiger partial charge in [-0.3, -0.25) is 9.59 Å². The Morgan fingerprint density at radius 3 is 2.66 bits per heavy atom. The highest BCUT2D eigenvalue weighted by Gasteiger charge is 2.24. The molecular weight excluding hydrogens is 397 g/mol. The van der Waals surface area contributed by atoms with Gasteiger partial charge in [-0.1, -0.05) is 23.7 Å². The van der Waals surface area contributed by atoms with E-state index in [0.717, 1.165) is 24.7 Å². The van der Waals surface area contributed by atoms with Crippen molar-refractivity contribution in [2.24, 2.45) is 0 Å². The second-order valence-electron chi connectivity index (χ2n) is 6.77. The van der Waals surface area contributed by atoms with Crippen LogP contribution in [0.3, 0.4) is 0 Å². The lowest BCUT2D eigenvalue weighted by Gasteiger charge is -2.30. The maximum Gasteiger partial charge on any atom is 0.254 e. The van der Waals surface area contributed by atoms with E-state index in [-0.39, 0.29) is 29.6 Å². The Bertz CT molecular complexity index is 887. The summed E-state index contributed by atoms with van der Waals surface area (Å²) in [6.45, 7) is 2.78. The lowest BCUT2D eigenvalue weighted by Crippen LogP contribution is -2.50. The second kappa shape index (κ2) is 9.71. The fourth-order valence-electron chi connectivity index (χ4n) is 3.18. The second-order valence-corrected chi connectivity index (χ2v) is 7.18. The van der Waals surface area contributed by atoms with Crippen molar-refractivity contribution in [1.82, 2.24) is 15.1 Å². The van der Waals surface area contributed by atoms with Gasteiger partial charge in [0.2, 0.25) is 5.91 Å². The van der Waals surface area contributed by atoms with Gasteiger partial charge >= 0.3 is 0 Å². The number of carbonyl (C=O) groups excluding carboxylic acids is 2. The Morgan fingerprint density at radius 2 is 1.97 bits per heavy atom. The molecule has 3 rings (SSSR count). The molecule has 2 aromatic rings. The standard InChI is InChI=1S/C21H23ClFN3O3/c1-29-17-4-2-3-15(11-17)13-26(14-20(27)25-9-7-24-8-10-25)21(28)16-5-6-19(23)18(22)12-16/h2-6,11-12,24H,7-10,13-14H2,1H3. The first-order valence-corrected chi connectivity index (χ1v) is 9.71. The smallest absolute Gasteiger partial charge is 0.254 e. The summed E-state index contributed by atoms with van der Waals surface area (Å²) in [7, 11) is 1.57. The molecule has 1 aliphatic rings. The van der Waals surface area contributed by atoms with E-state index in [1.165, 1.54) is 17.0 Å². The van der Waals surface area contributed by atoms with E-state index in [1.54, 1.807) is 18.1 Å². The number of hydrogen-bond donors (Lipinski definition) is 1. The van der Waals surface area contributed by atoms with Gasteiger partial charge < -0.3 is 19.9 Å². The SMILES string of the molecule is COc1cccc(CN(CC(=O)N2CCNCC2)C(=O)c2ccc(F)c(Cl)c2)c1. The summed E-state index contributed by atoms with van der Waals surface area (Å²) in [5.74, 6) is -0.457. The molecule has 8 heteroatoms. The van der Waals surface area contributed by atoms with Crippen LogP contribution in [0.4, 0.5) is 4.39 Å². The van der Waals surface area contributed by atoms with Crippen LogP contribution in [0, 0.1) is 5.82 Å². The van der Waals surface area contributed by atoms with Crippen molar-refractivity contribution < 1.29 is 18.7 Å². The Morgan fingerprint density at radius 1 is 1.21 bits per heavy atom. The van der Waals surface area contributed by atoms with Crippen LogP contribution in [0.15, 0.2) is 42.5 Å². The minimum atomic E-state index is -0.598. The molecule has 1 heterocycles. The summed E-state index contributed by atoms with van der Waals surface area (Å²) in [5.41, 5.74) is 1.05. The fraction of sp³-hybridized carbons (Fsp3) is 0.333. The summed E-state index contributed by atoms with van der Waals surface area (Å²) in [6, 6.07) is 11.1. The van der Waals surface area contributed by atoms with Crippen LogP contribution in [0.25, 0.3) is 0 Å². The Balaban J connectivity index is 1.83. The van der Waals surface area contributed by atoms with Crippen molar-refractivity contribution in [2.75, 3.05) is 39.8 Å². The van der Waals surface area contributed by atoms with Crippen LogP contribution in [0.1, 0.15) is 15.9 Å². The number of carbonyl (C=O) groups is 2. The topological polar surface area (TPSA) is 61.9 Å². The van der Waals surface area contributed by atoms with Crippen molar-refractivity contribution in [2.45, 2.75) is 6.54 Å². The van der Waals surface area contributed by atoms with Crippen molar-refractivity contribution in [3.63, 3.8) is 0 Å². The third-order valence-electron chi connectivity index (χ3n) is 4.76. The quantitative estimate of drug-likeness (QED) is 0.781. The zero-order valence-electron chi connectivity index (χ0n) is 16.2. The summed E-state index contributed by atoms with van der Waals surface area (Å²) < 4.78 is 18.8. The largest absolute Gasteiger partial charge is 0.497 e. The molecule has 0 bridgehead atoms. The lowest BCUT2D eigenvalue weighted by atomic mass is 10.1. The summed E-state index contributed by atoms with van der Waals surface area (Å²) in [6.07, 6.45) is 0. The van der Waals surface area contributed by atoms with Crippen molar-refractivity contribution in [1.29, 1.82) is 0 Å². The van der Waals surface area contributed by atoms with E-state index in [0.29, 0.717) is 18.8 Å². The van der Waals surface area contributed by atoms with Gasteiger partial charge in [-0.15, -0.1) is 0 Å². The number of rotatable bonds is 6. The zero-order chi connectivity index (χ0) is 20.8. The molecule has 0 atom stereocenters. The first-order valence-electron chi connectivity index (χ1n) is 9.33. The highest BCUT2D eigenvalue weighted by atomic mass is 35.5. The molecule has 1 N–H and O–H groups in total. The first kappa shape index (κ1) is 21.1. The van der Waals surface area contributed by atoms with Gasteiger partial charge in [0.05, 0.1) is 12.1 Å². The van der Waals surface area contributed by atoms with Crippen LogP contribution < -0.4 is 10.1 Å². The Labute approximate surface area is 174 Å². The number of piperazine rings is 1. The number of methoxy groups -OCH3 is 1. The molecular formula is C21H23ClFN3O3. The van der Waals surface area contributed by atoms with E-state index < -0.39 is 11.7 Å². The predicted octanol–water partition coefficient (Wildman–Crippen LogP) is 2.56. The van der Waals surface area contributed by atoms with Crippen molar-refractivity contribution in [3.05, 3.63) is 64.4 Å². The van der Waals surface area contributed by atoms with Crippen molar-refractivity contribution in [3.8, 4) is 5.75 Å². The molecule has 6 nitrogen and oxygen atoms in total. The minimum Gasteiger partial charge on any atom is -0.497 e. The van der Waals surface area contributed by atoms with Gasteiger partial charge in [0, 0.05) is 38.3 Å². The fourth-order valence-corrected chi connectivity index (χ4v) is 3.36. The molecule has 1 fully saturated rings. The van der Waals surface area contributed by atoms with E-state index >= 15 is 0 Å². The highest BCUT2D eigenvalue weighted by molar-refractivity contribution is 6.31. The molecule has 0 unspecified atom stereocenters. The molecule has 0 aliphatic carbocycles. The molecule has 154 valence electrons. The summed E-state index contributed by atoms with van der Waals surface area (Å²) in [4.78, 5) is 29.1. The molecule has 0 spiro atoms. The number of halogens is 2. The monoisotopic (exact) mass is 419 g/mol. The van der Waals surface area contributed by atoms with Crippen LogP contribution in [0.2, 0.25) is 5.02 Å².